The molecule has 1 aromatic rings. The number of nitrogens with zero attached hydrogens (tertiary/aromatic N) is 1. The standard InChI is InChI=1S/C15H24N2/c1-13(2)10-15-11-16-8-9-17(15)12-14-6-4-3-5-7-14/h3-7,13,15-16H,8-12H2,1-2H3/t15-/m0/s1. The van der Waals surface area contributed by atoms with Gasteiger partial charge in [-0.3, -0.25) is 4.90 Å². The van der Waals surface area contributed by atoms with E-state index < -0.39 is 0 Å². The summed E-state index contributed by atoms with van der Waals surface area (Å²) in [4.78, 5) is 2.63. The molecule has 1 aliphatic rings. The number of hydrogen-bond acceptors (Lipinski definition) is 2. The largest absolute Gasteiger partial charge is 0.314 e. The monoisotopic (exact) mass is 232 g/mol. The number of nitrogens with one attached hydrogen (secondary N) is 1. The molecule has 2 rings (SSSR count). The Morgan fingerprint density at radius 3 is 2.76 bits per heavy atom. The van der Waals surface area contributed by atoms with Crippen molar-refractivity contribution >= 4 is 0 Å². The quantitative estimate of drug-likeness (QED) is 0.858. The molecule has 0 radical (unpaired) electrons. The van der Waals surface area contributed by atoms with Crippen LogP contribution in [0.25, 0.3) is 0 Å². The Balaban J connectivity index is 1.96. The fourth-order valence-electron chi connectivity index (χ4n) is 2.61. The molecule has 1 atom stereocenters. The van der Waals surface area contributed by atoms with Crippen molar-refractivity contribution in [3.05, 3.63) is 35.9 Å². The van der Waals surface area contributed by atoms with Gasteiger partial charge in [0, 0.05) is 32.2 Å². The lowest BCUT2D eigenvalue weighted by Crippen LogP contribution is -2.51. The van der Waals surface area contributed by atoms with Crippen molar-refractivity contribution < 1.29 is 0 Å². The third kappa shape index (κ3) is 3.83. The zero-order valence-electron chi connectivity index (χ0n) is 11.0. The van der Waals surface area contributed by atoms with Crippen LogP contribution in [0.3, 0.4) is 0 Å². The summed E-state index contributed by atoms with van der Waals surface area (Å²) in [5.74, 6) is 0.776. The maximum atomic E-state index is 3.51. The van der Waals surface area contributed by atoms with E-state index in [9.17, 15) is 0 Å². The van der Waals surface area contributed by atoms with E-state index in [1.165, 1.54) is 18.5 Å². The smallest absolute Gasteiger partial charge is 0.0237 e. The molecule has 94 valence electrons. The molecule has 1 N–H and O–H groups in total. The van der Waals surface area contributed by atoms with Crippen LogP contribution in [0.2, 0.25) is 0 Å². The van der Waals surface area contributed by atoms with E-state index in [4.69, 9.17) is 0 Å². The van der Waals surface area contributed by atoms with Gasteiger partial charge in [0.05, 0.1) is 0 Å². The van der Waals surface area contributed by atoms with Crippen LogP contribution in [0, 0.1) is 5.92 Å². The molecule has 1 fully saturated rings. The first-order valence-electron chi connectivity index (χ1n) is 6.74. The van der Waals surface area contributed by atoms with Crippen LogP contribution in [-0.4, -0.2) is 30.6 Å². The van der Waals surface area contributed by atoms with Crippen molar-refractivity contribution in [2.45, 2.75) is 32.9 Å². The fraction of sp³-hybridized carbons (Fsp3) is 0.600. The molecule has 0 aromatic heterocycles. The van der Waals surface area contributed by atoms with E-state index in [1.807, 2.05) is 0 Å². The van der Waals surface area contributed by atoms with E-state index >= 15 is 0 Å². The molecule has 0 amide bonds. The second-order valence-electron chi connectivity index (χ2n) is 5.44. The Morgan fingerprint density at radius 1 is 1.29 bits per heavy atom. The lowest BCUT2D eigenvalue weighted by atomic mass is 10.00. The average molecular weight is 232 g/mol. The second-order valence-corrected chi connectivity index (χ2v) is 5.44. The summed E-state index contributed by atoms with van der Waals surface area (Å²) in [6.45, 7) is 9.17. The fourth-order valence-corrected chi connectivity index (χ4v) is 2.61. The number of hydrogen-bond donors (Lipinski definition) is 1. The molecule has 0 bridgehead atoms. The molecule has 0 aliphatic carbocycles. The summed E-state index contributed by atoms with van der Waals surface area (Å²) in [7, 11) is 0. The maximum absolute atomic E-state index is 3.51. The van der Waals surface area contributed by atoms with Gasteiger partial charge in [-0.05, 0) is 17.9 Å². The summed E-state index contributed by atoms with van der Waals surface area (Å²) in [6.07, 6.45) is 1.29. The minimum Gasteiger partial charge on any atom is -0.314 e. The first-order valence-corrected chi connectivity index (χ1v) is 6.74. The predicted octanol–water partition coefficient (Wildman–Crippen LogP) is 2.51. The van der Waals surface area contributed by atoms with Gasteiger partial charge in [0.25, 0.3) is 0 Å². The molecule has 0 unspecified atom stereocenters. The van der Waals surface area contributed by atoms with Crippen LogP contribution < -0.4 is 5.32 Å². The minimum absolute atomic E-state index is 0.698. The zero-order chi connectivity index (χ0) is 12.1. The van der Waals surface area contributed by atoms with Crippen molar-refractivity contribution in [3.63, 3.8) is 0 Å². The van der Waals surface area contributed by atoms with E-state index in [1.54, 1.807) is 0 Å². The van der Waals surface area contributed by atoms with Gasteiger partial charge in [-0.2, -0.15) is 0 Å². The van der Waals surface area contributed by atoms with Crippen LogP contribution >= 0.6 is 0 Å². The van der Waals surface area contributed by atoms with Gasteiger partial charge in [0.15, 0.2) is 0 Å². The van der Waals surface area contributed by atoms with Crippen molar-refractivity contribution in [2.24, 2.45) is 5.92 Å². The van der Waals surface area contributed by atoms with Gasteiger partial charge in [-0.1, -0.05) is 44.2 Å². The third-order valence-electron chi connectivity index (χ3n) is 3.44. The highest BCUT2D eigenvalue weighted by atomic mass is 15.2. The number of piperazine rings is 1. The van der Waals surface area contributed by atoms with Crippen molar-refractivity contribution in [1.29, 1.82) is 0 Å². The zero-order valence-corrected chi connectivity index (χ0v) is 11.0. The first kappa shape index (κ1) is 12.6. The number of rotatable bonds is 4. The molecule has 2 heteroatoms. The summed E-state index contributed by atoms with van der Waals surface area (Å²) < 4.78 is 0. The summed E-state index contributed by atoms with van der Waals surface area (Å²) >= 11 is 0. The highest BCUT2D eigenvalue weighted by molar-refractivity contribution is 5.14. The van der Waals surface area contributed by atoms with Gasteiger partial charge < -0.3 is 5.32 Å². The molecule has 1 aromatic carbocycles. The summed E-state index contributed by atoms with van der Waals surface area (Å²) in [5.41, 5.74) is 1.43. The molecule has 17 heavy (non-hydrogen) atoms. The Kier molecular flexibility index (Phi) is 4.57. The molecule has 2 nitrogen and oxygen atoms in total. The normalized spacial score (nSPS) is 21.9. The van der Waals surface area contributed by atoms with Crippen LogP contribution in [0.15, 0.2) is 30.3 Å². The SMILES string of the molecule is CC(C)C[C@H]1CNCCN1Cc1ccccc1. The van der Waals surface area contributed by atoms with E-state index in [0.717, 1.165) is 25.6 Å². The minimum atomic E-state index is 0.698. The Morgan fingerprint density at radius 2 is 2.06 bits per heavy atom. The molecule has 0 saturated carbocycles. The molecule has 1 aliphatic heterocycles. The summed E-state index contributed by atoms with van der Waals surface area (Å²) in [6, 6.07) is 11.5. The van der Waals surface area contributed by atoms with Crippen LogP contribution in [-0.2, 0) is 6.54 Å². The van der Waals surface area contributed by atoms with Crippen molar-refractivity contribution in [2.75, 3.05) is 19.6 Å². The van der Waals surface area contributed by atoms with Gasteiger partial charge in [-0.25, -0.2) is 0 Å². The van der Waals surface area contributed by atoms with Gasteiger partial charge in [0.1, 0.15) is 0 Å². The number of benzene rings is 1. The molecule has 1 heterocycles. The Hall–Kier alpha value is -0.860. The summed E-state index contributed by atoms with van der Waals surface area (Å²) in [5, 5.41) is 3.51. The predicted molar refractivity (Wildman–Crippen MR) is 73.0 cm³/mol. The van der Waals surface area contributed by atoms with Gasteiger partial charge in [-0.15, -0.1) is 0 Å². The van der Waals surface area contributed by atoms with E-state index in [0.29, 0.717) is 6.04 Å². The van der Waals surface area contributed by atoms with Gasteiger partial charge in [0.2, 0.25) is 0 Å². The first-order chi connectivity index (χ1) is 8.25. The molecule has 0 spiro atoms. The Bertz CT molecular complexity index is 321. The molecule has 1 saturated heterocycles. The Labute approximate surface area is 105 Å². The van der Waals surface area contributed by atoms with Crippen LogP contribution in [0.5, 0.6) is 0 Å². The molecular weight excluding hydrogens is 208 g/mol. The maximum Gasteiger partial charge on any atom is 0.0237 e. The lowest BCUT2D eigenvalue weighted by Gasteiger charge is -2.37. The van der Waals surface area contributed by atoms with Crippen LogP contribution in [0.4, 0.5) is 0 Å². The van der Waals surface area contributed by atoms with Crippen molar-refractivity contribution in [3.8, 4) is 0 Å². The van der Waals surface area contributed by atoms with Gasteiger partial charge >= 0.3 is 0 Å². The highest BCUT2D eigenvalue weighted by Crippen LogP contribution is 2.16. The lowest BCUT2D eigenvalue weighted by molar-refractivity contribution is 0.134. The topological polar surface area (TPSA) is 15.3 Å². The van der Waals surface area contributed by atoms with E-state index in [2.05, 4.69) is 54.4 Å². The highest BCUT2D eigenvalue weighted by Gasteiger charge is 2.22. The third-order valence-corrected chi connectivity index (χ3v) is 3.44. The average Bonchev–Trinajstić information content (AvgIpc) is 2.32. The van der Waals surface area contributed by atoms with Crippen LogP contribution in [0.1, 0.15) is 25.8 Å². The second kappa shape index (κ2) is 6.18. The molecular formula is C15H24N2. The van der Waals surface area contributed by atoms with E-state index in [-0.39, 0.29) is 0 Å². The van der Waals surface area contributed by atoms with Crippen molar-refractivity contribution in [1.82, 2.24) is 10.2 Å².